The van der Waals surface area contributed by atoms with Crippen LogP contribution in [-0.2, 0) is 26.0 Å². The summed E-state index contributed by atoms with van der Waals surface area (Å²) in [6.45, 7) is 3.95. The fourth-order valence-electron chi connectivity index (χ4n) is 3.13. The van der Waals surface area contributed by atoms with Crippen LogP contribution in [0.3, 0.4) is 0 Å². The number of carbonyl (C=O) groups excluding carboxylic acids is 2. The van der Waals surface area contributed by atoms with E-state index in [1.165, 1.54) is 31.2 Å². The van der Waals surface area contributed by atoms with Gasteiger partial charge in [-0.2, -0.15) is 0 Å². The maximum absolute atomic E-state index is 12.7. The topological polar surface area (TPSA) is 92.8 Å². The van der Waals surface area contributed by atoms with Crippen LogP contribution in [0.4, 0.5) is 5.69 Å². The maximum Gasteiger partial charge on any atom is 0.338 e. The number of fused-ring (bicyclic) bond motifs is 1. The van der Waals surface area contributed by atoms with E-state index < -0.39 is 22.1 Å². The second kappa shape index (κ2) is 8.12. The summed E-state index contributed by atoms with van der Waals surface area (Å²) >= 11 is 0. The molecule has 0 aromatic heterocycles. The third kappa shape index (κ3) is 4.07. The van der Waals surface area contributed by atoms with Crippen LogP contribution in [0.5, 0.6) is 0 Å². The van der Waals surface area contributed by atoms with Crippen molar-refractivity contribution < 1.29 is 22.7 Å². The molecular formula is C20H22N2O5S. The molecule has 0 saturated carbocycles. The number of sulfonamides is 1. The van der Waals surface area contributed by atoms with Crippen LogP contribution in [0.25, 0.3) is 0 Å². The molecule has 2 aromatic carbocycles. The van der Waals surface area contributed by atoms with Gasteiger partial charge in [0.15, 0.2) is 6.10 Å². The number of amides is 1. The highest BCUT2D eigenvalue weighted by Crippen LogP contribution is 2.28. The molecule has 0 fully saturated rings. The van der Waals surface area contributed by atoms with E-state index in [2.05, 4.69) is 4.72 Å². The molecule has 2 aromatic rings. The van der Waals surface area contributed by atoms with E-state index in [9.17, 15) is 18.0 Å². The van der Waals surface area contributed by atoms with E-state index in [-0.39, 0.29) is 22.9 Å². The largest absolute Gasteiger partial charge is 0.449 e. The van der Waals surface area contributed by atoms with Crippen molar-refractivity contribution in [3.8, 4) is 0 Å². The van der Waals surface area contributed by atoms with Crippen LogP contribution in [-0.4, -0.2) is 39.5 Å². The lowest BCUT2D eigenvalue weighted by molar-refractivity contribution is -0.126. The minimum absolute atomic E-state index is 0.0313. The molecule has 1 heterocycles. The average molecular weight is 402 g/mol. The number of nitrogens with one attached hydrogen (secondary N) is 1. The van der Waals surface area contributed by atoms with Crippen LogP contribution in [0.1, 0.15) is 29.8 Å². The SMILES string of the molecule is CCNS(=O)(=O)c1cccc(C(=O)O[C@H](C)C(=O)N2CCc3ccccc32)c1. The molecule has 0 bridgehead atoms. The first kappa shape index (κ1) is 20.0. The van der Waals surface area contributed by atoms with Gasteiger partial charge in [-0.25, -0.2) is 17.9 Å². The molecule has 0 saturated heterocycles. The van der Waals surface area contributed by atoms with Crippen molar-refractivity contribution in [1.29, 1.82) is 0 Å². The summed E-state index contributed by atoms with van der Waals surface area (Å²) in [5.74, 6) is -1.06. The van der Waals surface area contributed by atoms with Crippen molar-refractivity contribution >= 4 is 27.6 Å². The predicted molar refractivity (Wildman–Crippen MR) is 105 cm³/mol. The van der Waals surface area contributed by atoms with E-state index >= 15 is 0 Å². The molecule has 3 rings (SSSR count). The molecule has 1 aliphatic heterocycles. The molecule has 1 N–H and O–H groups in total. The number of hydrogen-bond acceptors (Lipinski definition) is 5. The monoisotopic (exact) mass is 402 g/mol. The Kier molecular flexibility index (Phi) is 5.81. The Morgan fingerprint density at radius 1 is 1.18 bits per heavy atom. The van der Waals surface area contributed by atoms with Crippen molar-refractivity contribution in [3.63, 3.8) is 0 Å². The molecule has 148 valence electrons. The number of rotatable bonds is 6. The van der Waals surface area contributed by atoms with Gasteiger partial charge < -0.3 is 9.64 Å². The Labute approximate surface area is 164 Å². The Balaban J connectivity index is 1.72. The molecule has 8 heteroatoms. The number of ether oxygens (including phenoxy) is 1. The van der Waals surface area contributed by atoms with Crippen molar-refractivity contribution in [1.82, 2.24) is 4.72 Å². The first-order chi connectivity index (χ1) is 13.3. The Morgan fingerprint density at radius 2 is 1.93 bits per heavy atom. The van der Waals surface area contributed by atoms with Crippen LogP contribution in [0.2, 0.25) is 0 Å². The van der Waals surface area contributed by atoms with Gasteiger partial charge in [0.05, 0.1) is 10.5 Å². The molecule has 0 radical (unpaired) electrons. The van der Waals surface area contributed by atoms with E-state index in [0.29, 0.717) is 6.54 Å². The standard InChI is InChI=1S/C20H22N2O5S/c1-3-21-28(25,26)17-9-6-8-16(13-17)20(24)27-14(2)19(23)22-12-11-15-7-4-5-10-18(15)22/h4-10,13-14,21H,3,11-12H2,1-2H3/t14-/m1/s1. The Bertz CT molecular complexity index is 1000. The normalized spacial score (nSPS) is 14.4. The number of nitrogens with zero attached hydrogens (tertiary/aromatic N) is 1. The lowest BCUT2D eigenvalue weighted by atomic mass is 10.2. The Morgan fingerprint density at radius 3 is 2.68 bits per heavy atom. The van der Waals surface area contributed by atoms with Gasteiger partial charge in [0, 0.05) is 18.8 Å². The lowest BCUT2D eigenvalue weighted by Gasteiger charge is -2.21. The number of benzene rings is 2. The minimum Gasteiger partial charge on any atom is -0.449 e. The third-order valence-electron chi connectivity index (χ3n) is 4.50. The fourth-order valence-corrected chi connectivity index (χ4v) is 4.22. The molecular weight excluding hydrogens is 380 g/mol. The van der Waals surface area contributed by atoms with Crippen LogP contribution < -0.4 is 9.62 Å². The van der Waals surface area contributed by atoms with Gasteiger partial charge >= 0.3 is 5.97 Å². The third-order valence-corrected chi connectivity index (χ3v) is 6.04. The van der Waals surface area contributed by atoms with Gasteiger partial charge in [0.2, 0.25) is 10.0 Å². The minimum atomic E-state index is -3.69. The lowest BCUT2D eigenvalue weighted by Crippen LogP contribution is -2.39. The zero-order valence-electron chi connectivity index (χ0n) is 15.7. The number of hydrogen-bond donors (Lipinski definition) is 1. The summed E-state index contributed by atoms with van der Waals surface area (Å²) in [4.78, 5) is 26.8. The van der Waals surface area contributed by atoms with Crippen LogP contribution >= 0.6 is 0 Å². The first-order valence-corrected chi connectivity index (χ1v) is 10.5. The van der Waals surface area contributed by atoms with E-state index in [0.717, 1.165) is 17.7 Å². The van der Waals surface area contributed by atoms with Gasteiger partial charge in [-0.3, -0.25) is 4.79 Å². The molecule has 0 spiro atoms. The van der Waals surface area contributed by atoms with E-state index in [4.69, 9.17) is 4.74 Å². The number of anilines is 1. The van der Waals surface area contributed by atoms with Crippen LogP contribution in [0, 0.1) is 0 Å². The molecule has 1 aliphatic rings. The van der Waals surface area contributed by atoms with Crippen molar-refractivity contribution in [2.75, 3.05) is 18.0 Å². The average Bonchev–Trinajstić information content (AvgIpc) is 3.11. The quantitative estimate of drug-likeness (QED) is 0.747. The second-order valence-electron chi connectivity index (χ2n) is 6.45. The maximum atomic E-state index is 12.7. The van der Waals surface area contributed by atoms with Gasteiger partial charge in [-0.05, 0) is 43.2 Å². The zero-order valence-corrected chi connectivity index (χ0v) is 16.5. The summed E-state index contributed by atoms with van der Waals surface area (Å²) in [6, 6.07) is 13.2. The molecule has 0 unspecified atom stereocenters. The molecule has 28 heavy (non-hydrogen) atoms. The van der Waals surface area contributed by atoms with Crippen molar-refractivity contribution in [2.24, 2.45) is 0 Å². The summed E-state index contributed by atoms with van der Waals surface area (Å²) in [5, 5.41) is 0. The second-order valence-corrected chi connectivity index (χ2v) is 8.21. The first-order valence-electron chi connectivity index (χ1n) is 9.03. The van der Waals surface area contributed by atoms with Crippen molar-refractivity contribution in [2.45, 2.75) is 31.3 Å². The highest BCUT2D eigenvalue weighted by atomic mass is 32.2. The summed E-state index contributed by atoms with van der Waals surface area (Å²) in [7, 11) is -3.69. The van der Waals surface area contributed by atoms with E-state index in [1.807, 2.05) is 24.3 Å². The number of para-hydroxylation sites is 1. The molecule has 1 amide bonds. The summed E-state index contributed by atoms with van der Waals surface area (Å²) in [5.41, 5.74) is 1.98. The van der Waals surface area contributed by atoms with Gasteiger partial charge in [0.1, 0.15) is 0 Å². The smallest absolute Gasteiger partial charge is 0.338 e. The van der Waals surface area contributed by atoms with Gasteiger partial charge in [0.25, 0.3) is 5.91 Å². The number of carbonyl (C=O) groups is 2. The van der Waals surface area contributed by atoms with Crippen LogP contribution in [0.15, 0.2) is 53.4 Å². The zero-order chi connectivity index (χ0) is 20.3. The predicted octanol–water partition coefficient (Wildman–Crippen LogP) is 2.12. The highest BCUT2D eigenvalue weighted by molar-refractivity contribution is 7.89. The van der Waals surface area contributed by atoms with E-state index in [1.54, 1.807) is 11.8 Å². The molecule has 0 aliphatic carbocycles. The molecule has 1 atom stereocenters. The fraction of sp³-hybridized carbons (Fsp3) is 0.300. The van der Waals surface area contributed by atoms with Gasteiger partial charge in [-0.1, -0.05) is 31.2 Å². The van der Waals surface area contributed by atoms with Crippen molar-refractivity contribution in [3.05, 3.63) is 59.7 Å². The van der Waals surface area contributed by atoms with Gasteiger partial charge in [-0.15, -0.1) is 0 Å². The summed E-state index contributed by atoms with van der Waals surface area (Å²) < 4.78 is 31.9. The number of esters is 1. The highest BCUT2D eigenvalue weighted by Gasteiger charge is 2.30. The molecule has 7 nitrogen and oxygen atoms in total. The Hall–Kier alpha value is -2.71. The summed E-state index contributed by atoms with van der Waals surface area (Å²) in [6.07, 6.45) is -0.236.